The summed E-state index contributed by atoms with van der Waals surface area (Å²) in [5.74, 6) is 0.847. The highest BCUT2D eigenvalue weighted by Crippen LogP contribution is 2.19. The Labute approximate surface area is 105 Å². The van der Waals surface area contributed by atoms with Crippen LogP contribution in [-0.4, -0.2) is 9.97 Å². The van der Waals surface area contributed by atoms with Crippen molar-refractivity contribution < 1.29 is 4.74 Å². The summed E-state index contributed by atoms with van der Waals surface area (Å²) in [7, 11) is 0. The van der Waals surface area contributed by atoms with Gasteiger partial charge in [0.1, 0.15) is 12.4 Å². The van der Waals surface area contributed by atoms with Crippen molar-refractivity contribution in [2.24, 2.45) is 0 Å². The van der Waals surface area contributed by atoms with E-state index in [0.717, 1.165) is 22.2 Å². The number of pyridine rings is 2. The Morgan fingerprint density at radius 2 is 1.94 bits per heavy atom. The van der Waals surface area contributed by atoms with E-state index in [9.17, 15) is 0 Å². The van der Waals surface area contributed by atoms with Crippen molar-refractivity contribution in [1.82, 2.24) is 9.97 Å². The average molecular weight is 236 g/mol. The lowest BCUT2D eigenvalue weighted by Gasteiger charge is -2.06. The second kappa shape index (κ2) is 4.84. The maximum atomic E-state index is 5.73. The molecule has 0 aliphatic rings. The molecule has 3 nitrogen and oxygen atoms in total. The Balaban J connectivity index is 1.79. The van der Waals surface area contributed by atoms with Gasteiger partial charge in [-0.2, -0.15) is 0 Å². The summed E-state index contributed by atoms with van der Waals surface area (Å²) < 4.78 is 5.73. The van der Waals surface area contributed by atoms with Gasteiger partial charge in [-0.05, 0) is 30.3 Å². The molecule has 2 aromatic heterocycles. The number of fused-ring (bicyclic) bond motifs is 1. The Morgan fingerprint density at radius 3 is 2.83 bits per heavy atom. The van der Waals surface area contributed by atoms with Crippen LogP contribution in [0.1, 0.15) is 5.56 Å². The topological polar surface area (TPSA) is 35.0 Å². The van der Waals surface area contributed by atoms with Crippen LogP contribution >= 0.6 is 0 Å². The van der Waals surface area contributed by atoms with Crippen molar-refractivity contribution >= 4 is 10.9 Å². The first-order valence-corrected chi connectivity index (χ1v) is 5.78. The molecule has 0 fully saturated rings. The molecule has 0 radical (unpaired) electrons. The van der Waals surface area contributed by atoms with Gasteiger partial charge in [-0.25, -0.2) is 0 Å². The summed E-state index contributed by atoms with van der Waals surface area (Å²) in [6, 6.07) is 13.8. The maximum absolute atomic E-state index is 5.73. The Kier molecular flexibility index (Phi) is 2.88. The third-order valence-electron chi connectivity index (χ3n) is 2.70. The number of benzene rings is 1. The van der Waals surface area contributed by atoms with Crippen molar-refractivity contribution in [3.8, 4) is 5.75 Å². The van der Waals surface area contributed by atoms with Gasteiger partial charge in [-0.1, -0.05) is 12.1 Å². The number of rotatable bonds is 3. The number of ether oxygens (including phenoxy) is 1. The van der Waals surface area contributed by atoms with Crippen LogP contribution in [-0.2, 0) is 6.61 Å². The highest BCUT2D eigenvalue weighted by atomic mass is 16.5. The first-order valence-electron chi connectivity index (χ1n) is 5.78. The first kappa shape index (κ1) is 10.7. The van der Waals surface area contributed by atoms with Crippen LogP contribution < -0.4 is 4.74 Å². The molecule has 0 atom stereocenters. The van der Waals surface area contributed by atoms with E-state index in [1.165, 1.54) is 0 Å². The fraction of sp³-hybridized carbons (Fsp3) is 0.0667. The third-order valence-corrected chi connectivity index (χ3v) is 2.70. The zero-order valence-electron chi connectivity index (χ0n) is 9.78. The summed E-state index contributed by atoms with van der Waals surface area (Å²) in [6.07, 6.45) is 5.35. The fourth-order valence-corrected chi connectivity index (χ4v) is 1.79. The average Bonchev–Trinajstić information content (AvgIpc) is 2.46. The summed E-state index contributed by atoms with van der Waals surface area (Å²) in [6.45, 7) is 0.527. The van der Waals surface area contributed by atoms with Crippen LogP contribution in [0.4, 0.5) is 0 Å². The van der Waals surface area contributed by atoms with Crippen molar-refractivity contribution in [2.75, 3.05) is 0 Å². The largest absolute Gasteiger partial charge is 0.489 e. The first-order chi connectivity index (χ1) is 8.92. The molecule has 0 saturated carbocycles. The molecule has 0 unspecified atom stereocenters. The molecule has 3 aromatic rings. The number of hydrogen-bond donors (Lipinski definition) is 0. The van der Waals surface area contributed by atoms with Crippen LogP contribution in [0.2, 0.25) is 0 Å². The van der Waals surface area contributed by atoms with Gasteiger partial charge in [0.25, 0.3) is 0 Å². The zero-order chi connectivity index (χ0) is 12.2. The van der Waals surface area contributed by atoms with E-state index in [1.54, 1.807) is 12.4 Å². The minimum atomic E-state index is 0.527. The lowest BCUT2D eigenvalue weighted by Crippen LogP contribution is -1.95. The van der Waals surface area contributed by atoms with Crippen LogP contribution in [0, 0.1) is 0 Å². The van der Waals surface area contributed by atoms with Crippen molar-refractivity contribution in [3.05, 3.63) is 66.6 Å². The SMILES string of the molecule is c1cncc(COc2ccc3ncccc3c2)c1. The predicted octanol–water partition coefficient (Wildman–Crippen LogP) is 3.21. The quantitative estimate of drug-likeness (QED) is 0.700. The second-order valence-electron chi connectivity index (χ2n) is 4.01. The Morgan fingerprint density at radius 1 is 1.00 bits per heavy atom. The normalized spacial score (nSPS) is 10.4. The lowest BCUT2D eigenvalue weighted by molar-refractivity contribution is 0.306. The molecule has 0 bridgehead atoms. The van der Waals surface area contributed by atoms with Crippen molar-refractivity contribution in [3.63, 3.8) is 0 Å². The summed E-state index contributed by atoms with van der Waals surface area (Å²) in [5.41, 5.74) is 2.04. The minimum absolute atomic E-state index is 0.527. The van der Waals surface area contributed by atoms with Gasteiger partial charge < -0.3 is 4.74 Å². The van der Waals surface area contributed by atoms with Crippen LogP contribution in [0.3, 0.4) is 0 Å². The monoisotopic (exact) mass is 236 g/mol. The molecule has 88 valence electrons. The predicted molar refractivity (Wildman–Crippen MR) is 70.3 cm³/mol. The van der Waals surface area contributed by atoms with Gasteiger partial charge in [-0.3, -0.25) is 9.97 Å². The lowest BCUT2D eigenvalue weighted by atomic mass is 10.2. The van der Waals surface area contributed by atoms with E-state index in [1.807, 2.05) is 48.7 Å². The molecule has 0 spiro atoms. The standard InChI is InChI=1S/C15H12N2O/c1-3-12(10-16-7-1)11-18-14-5-6-15-13(9-14)4-2-8-17-15/h1-10H,11H2. The van der Waals surface area contributed by atoms with Gasteiger partial charge in [0.2, 0.25) is 0 Å². The van der Waals surface area contributed by atoms with Gasteiger partial charge in [0, 0.05) is 29.5 Å². The van der Waals surface area contributed by atoms with Gasteiger partial charge >= 0.3 is 0 Å². The third kappa shape index (κ3) is 2.30. The summed E-state index contributed by atoms with van der Waals surface area (Å²) >= 11 is 0. The van der Waals surface area contributed by atoms with Crippen LogP contribution in [0.25, 0.3) is 10.9 Å². The van der Waals surface area contributed by atoms with E-state index in [0.29, 0.717) is 6.61 Å². The molecule has 0 saturated heterocycles. The van der Waals surface area contributed by atoms with Gasteiger partial charge in [0.05, 0.1) is 5.52 Å². The highest BCUT2D eigenvalue weighted by Gasteiger charge is 1.98. The fourth-order valence-electron chi connectivity index (χ4n) is 1.79. The molecule has 3 rings (SSSR count). The van der Waals surface area contributed by atoms with E-state index in [4.69, 9.17) is 4.74 Å². The molecule has 0 aliphatic carbocycles. The number of aromatic nitrogens is 2. The molecule has 3 heteroatoms. The number of nitrogens with zero attached hydrogens (tertiary/aromatic N) is 2. The minimum Gasteiger partial charge on any atom is -0.489 e. The van der Waals surface area contributed by atoms with Crippen molar-refractivity contribution in [2.45, 2.75) is 6.61 Å². The van der Waals surface area contributed by atoms with E-state index >= 15 is 0 Å². The van der Waals surface area contributed by atoms with E-state index in [-0.39, 0.29) is 0 Å². The van der Waals surface area contributed by atoms with E-state index in [2.05, 4.69) is 9.97 Å². The summed E-state index contributed by atoms with van der Waals surface area (Å²) in [4.78, 5) is 8.33. The molecule has 0 aliphatic heterocycles. The van der Waals surface area contributed by atoms with Gasteiger partial charge in [-0.15, -0.1) is 0 Å². The molecular weight excluding hydrogens is 224 g/mol. The maximum Gasteiger partial charge on any atom is 0.120 e. The molecular formula is C15H12N2O. The zero-order valence-corrected chi connectivity index (χ0v) is 9.78. The van der Waals surface area contributed by atoms with E-state index < -0.39 is 0 Å². The molecule has 0 amide bonds. The van der Waals surface area contributed by atoms with Crippen LogP contribution in [0.15, 0.2) is 61.1 Å². The molecule has 0 N–H and O–H groups in total. The van der Waals surface area contributed by atoms with Gasteiger partial charge in [0.15, 0.2) is 0 Å². The smallest absolute Gasteiger partial charge is 0.120 e. The van der Waals surface area contributed by atoms with Crippen LogP contribution in [0.5, 0.6) is 5.75 Å². The number of hydrogen-bond acceptors (Lipinski definition) is 3. The molecule has 1 aromatic carbocycles. The molecule has 18 heavy (non-hydrogen) atoms. The Hall–Kier alpha value is -2.42. The molecule has 2 heterocycles. The Bertz CT molecular complexity index is 653. The summed E-state index contributed by atoms with van der Waals surface area (Å²) in [5, 5.41) is 1.08. The second-order valence-corrected chi connectivity index (χ2v) is 4.01. The highest BCUT2D eigenvalue weighted by molar-refractivity contribution is 5.79. The van der Waals surface area contributed by atoms with Crippen molar-refractivity contribution in [1.29, 1.82) is 0 Å².